The van der Waals surface area contributed by atoms with E-state index in [1.54, 1.807) is 6.92 Å². The van der Waals surface area contributed by atoms with Gasteiger partial charge in [-0.15, -0.1) is 5.10 Å². The van der Waals surface area contributed by atoms with Gasteiger partial charge < -0.3 is 5.32 Å². The first kappa shape index (κ1) is 27.2. The standard InChI is InChI=1S/C25H16F7N9O/c1-24(16-2-3-40(38-16)23(28)29)6-13(14-10-33-18-5-17(27)39-41(18)20(14)24)22(42)37-12-4-15(25(30,31)32)19(34-9-12)21-35-7-11(26)8-36-21/h2-5,7-10,13,23H,6H2,1H3,(H,37,42)/t13-,24+/m0/s1. The van der Waals surface area contributed by atoms with E-state index in [2.05, 4.69) is 35.5 Å². The highest BCUT2D eigenvalue weighted by Crippen LogP contribution is 2.49. The van der Waals surface area contributed by atoms with E-state index in [1.165, 1.54) is 12.3 Å². The van der Waals surface area contributed by atoms with Crippen molar-refractivity contribution in [1.29, 1.82) is 0 Å². The Morgan fingerprint density at radius 2 is 1.79 bits per heavy atom. The molecule has 6 rings (SSSR count). The summed E-state index contributed by atoms with van der Waals surface area (Å²) < 4.78 is 97.3. The Morgan fingerprint density at radius 1 is 1.05 bits per heavy atom. The molecule has 2 atom stereocenters. The van der Waals surface area contributed by atoms with Crippen LogP contribution in [0.2, 0.25) is 0 Å². The first-order valence-electron chi connectivity index (χ1n) is 12.1. The Balaban J connectivity index is 1.39. The maximum atomic E-state index is 14.1. The predicted octanol–water partition coefficient (Wildman–Crippen LogP) is 4.90. The van der Waals surface area contributed by atoms with Crippen LogP contribution in [-0.2, 0) is 16.4 Å². The van der Waals surface area contributed by atoms with Crippen molar-refractivity contribution in [2.75, 3.05) is 5.32 Å². The monoisotopic (exact) mass is 591 g/mol. The number of hydrogen-bond acceptors (Lipinski definition) is 7. The topological polar surface area (TPSA) is 116 Å². The molecule has 1 aliphatic rings. The fourth-order valence-electron chi connectivity index (χ4n) is 5.13. The molecule has 216 valence electrons. The number of carbonyl (C=O) groups excluding carboxylic acids is 1. The van der Waals surface area contributed by atoms with Crippen molar-refractivity contribution in [3.05, 3.63) is 83.5 Å². The molecular weight excluding hydrogens is 575 g/mol. The highest BCUT2D eigenvalue weighted by molar-refractivity contribution is 5.97. The lowest BCUT2D eigenvalue weighted by atomic mass is 9.82. The summed E-state index contributed by atoms with van der Waals surface area (Å²) in [5.74, 6) is -4.07. The average Bonchev–Trinajstić information content (AvgIpc) is 3.65. The first-order chi connectivity index (χ1) is 19.8. The van der Waals surface area contributed by atoms with Gasteiger partial charge in [-0.05, 0) is 25.5 Å². The number of carbonyl (C=O) groups is 1. The summed E-state index contributed by atoms with van der Waals surface area (Å²) in [6.07, 6.45) is -0.333. The van der Waals surface area contributed by atoms with Crippen molar-refractivity contribution < 1.29 is 35.5 Å². The van der Waals surface area contributed by atoms with E-state index in [1.807, 2.05) is 0 Å². The maximum Gasteiger partial charge on any atom is 0.418 e. The molecule has 0 bridgehead atoms. The number of anilines is 1. The summed E-state index contributed by atoms with van der Waals surface area (Å²) in [6, 6.07) is 3.01. The molecule has 0 radical (unpaired) electrons. The van der Waals surface area contributed by atoms with Crippen LogP contribution < -0.4 is 5.32 Å². The van der Waals surface area contributed by atoms with Crippen LogP contribution in [0.25, 0.3) is 17.2 Å². The number of amides is 1. The van der Waals surface area contributed by atoms with Crippen molar-refractivity contribution in [3.63, 3.8) is 0 Å². The second kappa shape index (κ2) is 9.56. The molecule has 1 amide bonds. The summed E-state index contributed by atoms with van der Waals surface area (Å²) in [5, 5.41) is 10.2. The number of fused-ring (bicyclic) bond motifs is 3. The summed E-state index contributed by atoms with van der Waals surface area (Å²) in [5.41, 5.74) is -2.81. The van der Waals surface area contributed by atoms with Gasteiger partial charge in [0.15, 0.2) is 17.3 Å². The fourth-order valence-corrected chi connectivity index (χ4v) is 5.13. The molecule has 1 aliphatic carbocycles. The Morgan fingerprint density at radius 3 is 2.45 bits per heavy atom. The number of rotatable bonds is 5. The van der Waals surface area contributed by atoms with Gasteiger partial charge in [0.2, 0.25) is 11.9 Å². The fraction of sp³-hybridized carbons (Fsp3) is 0.240. The van der Waals surface area contributed by atoms with Gasteiger partial charge in [-0.3, -0.25) is 9.78 Å². The summed E-state index contributed by atoms with van der Waals surface area (Å²) in [7, 11) is 0. The van der Waals surface area contributed by atoms with Crippen LogP contribution in [0.15, 0.2) is 49.2 Å². The van der Waals surface area contributed by atoms with Crippen LogP contribution >= 0.6 is 0 Å². The van der Waals surface area contributed by atoms with Gasteiger partial charge in [-0.1, -0.05) is 0 Å². The normalized spacial score (nSPS) is 18.5. The third-order valence-corrected chi connectivity index (χ3v) is 6.98. The van der Waals surface area contributed by atoms with Crippen molar-refractivity contribution in [2.24, 2.45) is 0 Å². The van der Waals surface area contributed by atoms with Crippen molar-refractivity contribution in [2.45, 2.75) is 37.4 Å². The lowest BCUT2D eigenvalue weighted by Crippen LogP contribution is -2.26. The molecule has 1 N–H and O–H groups in total. The number of pyridine rings is 1. The van der Waals surface area contributed by atoms with Gasteiger partial charge in [0.25, 0.3) is 0 Å². The second-order valence-electron chi connectivity index (χ2n) is 9.68. The molecule has 0 aromatic carbocycles. The molecule has 0 unspecified atom stereocenters. The molecule has 5 heterocycles. The molecular formula is C25H16F7N9O. The number of nitrogens with one attached hydrogen (secondary N) is 1. The lowest BCUT2D eigenvalue weighted by Gasteiger charge is -2.23. The molecule has 10 nitrogen and oxygen atoms in total. The molecule has 42 heavy (non-hydrogen) atoms. The molecule has 0 fully saturated rings. The SMILES string of the molecule is C[C@]1(c2ccn(C(F)F)n2)C[C@H](C(=O)Nc2cnc(-c3ncc(F)cn3)c(C(F)(F)F)c2)c2cnc3cc(F)nn3c21. The summed E-state index contributed by atoms with van der Waals surface area (Å²) in [6.45, 7) is -1.34. The minimum absolute atomic E-state index is 0.0856. The molecule has 0 aliphatic heterocycles. The smallest absolute Gasteiger partial charge is 0.324 e. The number of hydrogen-bond donors (Lipinski definition) is 1. The Labute approximate surface area is 230 Å². The van der Waals surface area contributed by atoms with Gasteiger partial charge >= 0.3 is 12.7 Å². The Kier molecular flexibility index (Phi) is 6.20. The van der Waals surface area contributed by atoms with Crippen molar-refractivity contribution >= 4 is 17.2 Å². The van der Waals surface area contributed by atoms with Gasteiger partial charge in [0, 0.05) is 24.0 Å². The Bertz CT molecular complexity index is 1830. The minimum Gasteiger partial charge on any atom is -0.324 e. The van der Waals surface area contributed by atoms with Gasteiger partial charge in [0.1, 0.15) is 5.69 Å². The first-order valence-corrected chi connectivity index (χ1v) is 12.1. The molecule has 5 aromatic heterocycles. The quantitative estimate of drug-likeness (QED) is 0.289. The van der Waals surface area contributed by atoms with E-state index in [0.717, 1.165) is 23.0 Å². The molecule has 0 saturated carbocycles. The van der Waals surface area contributed by atoms with Crippen molar-refractivity contribution in [3.8, 4) is 11.5 Å². The van der Waals surface area contributed by atoms with Crippen LogP contribution in [0.1, 0.15) is 48.3 Å². The van der Waals surface area contributed by atoms with Gasteiger partial charge in [-0.25, -0.2) is 28.5 Å². The predicted molar refractivity (Wildman–Crippen MR) is 129 cm³/mol. The van der Waals surface area contributed by atoms with Crippen LogP contribution in [0.5, 0.6) is 0 Å². The lowest BCUT2D eigenvalue weighted by molar-refractivity contribution is -0.137. The number of nitrogens with zero attached hydrogens (tertiary/aromatic N) is 8. The van der Waals surface area contributed by atoms with Crippen LogP contribution in [-0.4, -0.2) is 45.2 Å². The van der Waals surface area contributed by atoms with E-state index < -0.39 is 58.8 Å². The van der Waals surface area contributed by atoms with E-state index in [-0.39, 0.29) is 34.7 Å². The van der Waals surface area contributed by atoms with Crippen LogP contribution in [0.4, 0.5) is 36.4 Å². The number of halogens is 7. The van der Waals surface area contributed by atoms with Crippen molar-refractivity contribution in [1.82, 2.24) is 39.3 Å². The molecule has 17 heteroatoms. The summed E-state index contributed by atoms with van der Waals surface area (Å²) >= 11 is 0. The van der Waals surface area contributed by atoms with Crippen LogP contribution in [0, 0.1) is 11.8 Å². The second-order valence-corrected chi connectivity index (χ2v) is 9.68. The number of alkyl halides is 5. The highest BCUT2D eigenvalue weighted by Gasteiger charge is 2.49. The Hall–Kier alpha value is -4.96. The highest BCUT2D eigenvalue weighted by atomic mass is 19.4. The third kappa shape index (κ3) is 4.50. The molecule has 5 aromatic rings. The van der Waals surface area contributed by atoms with Gasteiger partial charge in [-0.2, -0.15) is 31.4 Å². The average molecular weight is 591 g/mol. The van der Waals surface area contributed by atoms with E-state index >= 15 is 0 Å². The molecule has 0 spiro atoms. The van der Waals surface area contributed by atoms with E-state index in [9.17, 15) is 35.5 Å². The van der Waals surface area contributed by atoms with Crippen LogP contribution in [0.3, 0.4) is 0 Å². The van der Waals surface area contributed by atoms with Gasteiger partial charge in [0.05, 0.1) is 52.6 Å². The minimum atomic E-state index is -4.94. The third-order valence-electron chi connectivity index (χ3n) is 6.98. The maximum absolute atomic E-state index is 14.1. The zero-order chi connectivity index (χ0) is 30.0. The molecule has 0 saturated heterocycles. The summed E-state index contributed by atoms with van der Waals surface area (Å²) in [4.78, 5) is 28.6. The largest absolute Gasteiger partial charge is 0.418 e. The van der Waals surface area contributed by atoms with E-state index in [0.29, 0.717) is 23.1 Å². The zero-order valence-electron chi connectivity index (χ0n) is 21.1. The number of aromatic nitrogens is 8. The zero-order valence-corrected chi connectivity index (χ0v) is 21.1. The van der Waals surface area contributed by atoms with E-state index in [4.69, 9.17) is 0 Å².